The molecule has 6 nitrogen and oxygen atoms in total. The Kier molecular flexibility index (Phi) is 2.63. The lowest BCUT2D eigenvalue weighted by molar-refractivity contribution is 0.194. The van der Waals surface area contributed by atoms with Crippen molar-refractivity contribution in [3.63, 3.8) is 0 Å². The van der Waals surface area contributed by atoms with Crippen molar-refractivity contribution in [2.24, 2.45) is 0 Å². The summed E-state index contributed by atoms with van der Waals surface area (Å²) in [5.41, 5.74) is 1.17. The number of para-hydroxylation sites is 2. The van der Waals surface area contributed by atoms with Crippen LogP contribution in [0.5, 0.6) is 0 Å². The number of rotatable bonds is 3. The van der Waals surface area contributed by atoms with Crippen molar-refractivity contribution in [1.82, 2.24) is 9.88 Å². The molecule has 2 rings (SSSR count). The number of nitrogens with one attached hydrogen (secondary N) is 1. The van der Waals surface area contributed by atoms with Crippen molar-refractivity contribution >= 4 is 17.2 Å². The van der Waals surface area contributed by atoms with E-state index in [1.807, 2.05) is 0 Å². The van der Waals surface area contributed by atoms with Crippen LogP contribution in [0.15, 0.2) is 33.5 Å². The van der Waals surface area contributed by atoms with Crippen molar-refractivity contribution in [2.75, 3.05) is 6.54 Å². The minimum Gasteiger partial charge on any atom is -0.465 e. The summed E-state index contributed by atoms with van der Waals surface area (Å²) in [5.74, 6) is -0.478. The van der Waals surface area contributed by atoms with Gasteiger partial charge in [-0.05, 0) is 12.1 Å². The van der Waals surface area contributed by atoms with Crippen LogP contribution in [0.4, 0.5) is 4.79 Å². The molecule has 0 spiro atoms. The number of aromatic nitrogens is 1. The molecule has 0 unspecified atom stereocenters. The summed E-state index contributed by atoms with van der Waals surface area (Å²) in [5, 5.41) is 10.6. The highest BCUT2D eigenvalue weighted by Gasteiger charge is 2.07. The van der Waals surface area contributed by atoms with E-state index in [0.717, 1.165) is 0 Å². The third-order valence-corrected chi connectivity index (χ3v) is 2.19. The number of fused-ring (bicyclic) bond motifs is 1. The van der Waals surface area contributed by atoms with Gasteiger partial charge in [0.25, 0.3) is 0 Å². The van der Waals surface area contributed by atoms with Crippen LogP contribution < -0.4 is 11.1 Å². The SMILES string of the molecule is O=C(O)NCCn1c(=O)oc2ccccc21. The van der Waals surface area contributed by atoms with Gasteiger partial charge < -0.3 is 14.8 Å². The predicted octanol–water partition coefficient (Wildman–Crippen LogP) is 0.862. The quantitative estimate of drug-likeness (QED) is 0.806. The molecular weight excluding hydrogens is 212 g/mol. The summed E-state index contributed by atoms with van der Waals surface area (Å²) in [6, 6.07) is 7.00. The number of hydrogen-bond donors (Lipinski definition) is 2. The maximum atomic E-state index is 11.4. The molecule has 0 fully saturated rings. The molecule has 0 atom stereocenters. The van der Waals surface area contributed by atoms with Gasteiger partial charge in [-0.1, -0.05) is 12.1 Å². The molecular formula is C10H10N2O4. The highest BCUT2D eigenvalue weighted by atomic mass is 16.4. The first-order valence-electron chi connectivity index (χ1n) is 4.73. The predicted molar refractivity (Wildman–Crippen MR) is 56.5 cm³/mol. The average molecular weight is 222 g/mol. The van der Waals surface area contributed by atoms with Gasteiger partial charge in [0, 0.05) is 13.1 Å². The Morgan fingerprint density at radius 1 is 1.44 bits per heavy atom. The lowest BCUT2D eigenvalue weighted by Crippen LogP contribution is -2.28. The Hall–Kier alpha value is -2.24. The minimum absolute atomic E-state index is 0.165. The summed E-state index contributed by atoms with van der Waals surface area (Å²) in [7, 11) is 0. The molecule has 2 aromatic rings. The van der Waals surface area contributed by atoms with Gasteiger partial charge in [-0.25, -0.2) is 9.59 Å². The van der Waals surface area contributed by atoms with Gasteiger partial charge in [0.15, 0.2) is 5.58 Å². The van der Waals surface area contributed by atoms with E-state index in [2.05, 4.69) is 5.32 Å². The number of amides is 1. The van der Waals surface area contributed by atoms with Crippen molar-refractivity contribution in [1.29, 1.82) is 0 Å². The summed E-state index contributed by atoms with van der Waals surface area (Å²) in [6.45, 7) is 0.418. The van der Waals surface area contributed by atoms with E-state index in [1.54, 1.807) is 24.3 Å². The lowest BCUT2D eigenvalue weighted by atomic mass is 10.3. The van der Waals surface area contributed by atoms with E-state index in [1.165, 1.54) is 4.57 Å². The van der Waals surface area contributed by atoms with E-state index in [0.29, 0.717) is 11.1 Å². The van der Waals surface area contributed by atoms with E-state index >= 15 is 0 Å². The Balaban J connectivity index is 2.26. The van der Waals surface area contributed by atoms with Crippen LogP contribution in [0, 0.1) is 0 Å². The fourth-order valence-electron chi connectivity index (χ4n) is 1.50. The zero-order chi connectivity index (χ0) is 11.5. The van der Waals surface area contributed by atoms with Crippen LogP contribution >= 0.6 is 0 Å². The number of nitrogens with zero attached hydrogens (tertiary/aromatic N) is 1. The van der Waals surface area contributed by atoms with Gasteiger partial charge in [0.05, 0.1) is 5.52 Å². The minimum atomic E-state index is -1.11. The zero-order valence-electron chi connectivity index (χ0n) is 8.34. The molecule has 1 heterocycles. The molecule has 16 heavy (non-hydrogen) atoms. The molecule has 0 saturated heterocycles. The highest BCUT2D eigenvalue weighted by Crippen LogP contribution is 2.10. The van der Waals surface area contributed by atoms with Crippen LogP contribution in [0.3, 0.4) is 0 Å². The van der Waals surface area contributed by atoms with Gasteiger partial charge in [-0.2, -0.15) is 0 Å². The van der Waals surface area contributed by atoms with Crippen molar-refractivity contribution in [2.45, 2.75) is 6.54 Å². The molecule has 1 aromatic heterocycles. The van der Waals surface area contributed by atoms with Crippen LogP contribution in [0.25, 0.3) is 11.1 Å². The van der Waals surface area contributed by atoms with Crippen molar-refractivity contribution in [3.05, 3.63) is 34.8 Å². The van der Waals surface area contributed by atoms with Gasteiger partial charge in [-0.3, -0.25) is 4.57 Å². The largest absolute Gasteiger partial charge is 0.465 e. The molecule has 0 bridgehead atoms. The maximum Gasteiger partial charge on any atom is 0.420 e. The van der Waals surface area contributed by atoms with Crippen molar-refractivity contribution < 1.29 is 14.3 Å². The molecule has 0 radical (unpaired) electrons. The number of benzene rings is 1. The van der Waals surface area contributed by atoms with Crippen LogP contribution in [-0.2, 0) is 6.54 Å². The third kappa shape index (κ3) is 1.90. The van der Waals surface area contributed by atoms with Gasteiger partial charge in [0.2, 0.25) is 0 Å². The fraction of sp³-hybridized carbons (Fsp3) is 0.200. The second kappa shape index (κ2) is 4.09. The van der Waals surface area contributed by atoms with Crippen molar-refractivity contribution in [3.8, 4) is 0 Å². The Labute approximate surface area is 90.1 Å². The second-order valence-electron chi connectivity index (χ2n) is 3.22. The summed E-state index contributed by atoms with van der Waals surface area (Å²) in [4.78, 5) is 21.7. The number of oxazole rings is 1. The first kappa shape index (κ1) is 10.3. The van der Waals surface area contributed by atoms with E-state index in [4.69, 9.17) is 9.52 Å². The van der Waals surface area contributed by atoms with E-state index < -0.39 is 11.8 Å². The van der Waals surface area contributed by atoms with Crippen LogP contribution in [0.1, 0.15) is 0 Å². The standard InChI is InChI=1S/C10H10N2O4/c13-9(14)11-5-6-12-7-3-1-2-4-8(7)16-10(12)15/h1-4,11H,5-6H2,(H,13,14). The molecule has 0 saturated carbocycles. The molecule has 6 heteroatoms. The molecule has 0 aliphatic rings. The topological polar surface area (TPSA) is 84.5 Å². The first-order chi connectivity index (χ1) is 7.68. The van der Waals surface area contributed by atoms with E-state index in [-0.39, 0.29) is 13.1 Å². The highest BCUT2D eigenvalue weighted by molar-refractivity contribution is 5.72. The third-order valence-electron chi connectivity index (χ3n) is 2.19. The smallest absolute Gasteiger partial charge is 0.420 e. The molecule has 1 aromatic carbocycles. The molecule has 0 aliphatic heterocycles. The van der Waals surface area contributed by atoms with Gasteiger partial charge in [0.1, 0.15) is 0 Å². The monoisotopic (exact) mass is 222 g/mol. The Morgan fingerprint density at radius 2 is 2.19 bits per heavy atom. The van der Waals surface area contributed by atoms with Crippen LogP contribution in [0.2, 0.25) is 0 Å². The fourth-order valence-corrected chi connectivity index (χ4v) is 1.50. The van der Waals surface area contributed by atoms with Gasteiger partial charge in [-0.15, -0.1) is 0 Å². The Bertz CT molecular complexity index is 569. The summed E-state index contributed by atoms with van der Waals surface area (Å²) in [6.07, 6.45) is -1.11. The number of hydrogen-bond acceptors (Lipinski definition) is 3. The zero-order valence-corrected chi connectivity index (χ0v) is 8.34. The summed E-state index contributed by atoms with van der Waals surface area (Å²) < 4.78 is 6.38. The Morgan fingerprint density at radius 3 is 2.94 bits per heavy atom. The van der Waals surface area contributed by atoms with Crippen LogP contribution in [-0.4, -0.2) is 22.3 Å². The molecule has 0 aliphatic carbocycles. The number of carbonyl (C=O) groups is 1. The second-order valence-corrected chi connectivity index (χ2v) is 3.22. The molecule has 2 N–H and O–H groups in total. The lowest BCUT2D eigenvalue weighted by Gasteiger charge is -2.01. The van der Waals surface area contributed by atoms with Gasteiger partial charge >= 0.3 is 11.8 Å². The van der Waals surface area contributed by atoms with E-state index in [9.17, 15) is 9.59 Å². The summed E-state index contributed by atoms with van der Waals surface area (Å²) >= 11 is 0. The normalized spacial score (nSPS) is 10.5. The molecule has 1 amide bonds. The first-order valence-corrected chi connectivity index (χ1v) is 4.73. The maximum absolute atomic E-state index is 11.4. The average Bonchev–Trinajstić information content (AvgIpc) is 2.55. The number of carboxylic acid groups (broad SMARTS) is 1. The molecule has 84 valence electrons.